The Morgan fingerprint density at radius 1 is 1.22 bits per heavy atom. The summed E-state index contributed by atoms with van der Waals surface area (Å²) in [6, 6.07) is 10.3. The monoisotopic (exact) mass is 248 g/mol. The molecule has 4 nitrogen and oxygen atoms in total. The Morgan fingerprint density at radius 3 is 2.72 bits per heavy atom. The lowest BCUT2D eigenvalue weighted by Gasteiger charge is -2.07. The number of carbonyl (C=O) groups is 1. The summed E-state index contributed by atoms with van der Waals surface area (Å²) in [6.07, 6.45) is 3.06. The molecule has 1 aliphatic carbocycles. The van der Waals surface area contributed by atoms with E-state index in [0.29, 0.717) is 25.6 Å². The van der Waals surface area contributed by atoms with E-state index in [1.165, 1.54) is 12.8 Å². The lowest BCUT2D eigenvalue weighted by atomic mass is 10.3. The molecular weight excluding hydrogens is 228 g/mol. The van der Waals surface area contributed by atoms with Crippen molar-refractivity contribution in [2.75, 3.05) is 19.7 Å². The van der Waals surface area contributed by atoms with Crippen molar-refractivity contribution in [1.82, 2.24) is 10.6 Å². The Morgan fingerprint density at radius 2 is 2.00 bits per heavy atom. The molecule has 2 N–H and O–H groups in total. The molecular formula is C14H20N2O2. The zero-order valence-corrected chi connectivity index (χ0v) is 10.5. The van der Waals surface area contributed by atoms with Crippen LogP contribution in [0, 0.1) is 0 Å². The molecule has 1 aromatic rings. The summed E-state index contributed by atoms with van der Waals surface area (Å²) < 4.78 is 5.48. The highest BCUT2D eigenvalue weighted by atomic mass is 16.5. The van der Waals surface area contributed by atoms with Crippen LogP contribution < -0.4 is 15.4 Å². The van der Waals surface area contributed by atoms with Gasteiger partial charge < -0.3 is 15.4 Å². The fourth-order valence-corrected chi connectivity index (χ4v) is 1.64. The molecule has 4 heteroatoms. The molecule has 98 valence electrons. The summed E-state index contributed by atoms with van der Waals surface area (Å²) >= 11 is 0. The molecule has 1 aliphatic rings. The van der Waals surface area contributed by atoms with Gasteiger partial charge in [0.2, 0.25) is 5.91 Å². The Labute approximate surface area is 108 Å². The van der Waals surface area contributed by atoms with E-state index in [1.54, 1.807) is 0 Å². The van der Waals surface area contributed by atoms with Gasteiger partial charge in [-0.15, -0.1) is 0 Å². The van der Waals surface area contributed by atoms with Crippen molar-refractivity contribution in [3.63, 3.8) is 0 Å². The second-order valence-electron chi connectivity index (χ2n) is 4.49. The molecule has 0 spiro atoms. The molecule has 1 aromatic carbocycles. The van der Waals surface area contributed by atoms with Crippen LogP contribution in [0.2, 0.25) is 0 Å². The second-order valence-corrected chi connectivity index (χ2v) is 4.49. The van der Waals surface area contributed by atoms with Crippen LogP contribution in [0.1, 0.15) is 19.3 Å². The van der Waals surface area contributed by atoms with Crippen molar-refractivity contribution in [3.05, 3.63) is 30.3 Å². The van der Waals surface area contributed by atoms with E-state index in [2.05, 4.69) is 10.6 Å². The molecule has 0 heterocycles. The normalized spacial score (nSPS) is 14.2. The van der Waals surface area contributed by atoms with Gasteiger partial charge in [-0.25, -0.2) is 0 Å². The van der Waals surface area contributed by atoms with Crippen molar-refractivity contribution >= 4 is 5.91 Å². The van der Waals surface area contributed by atoms with E-state index in [0.717, 1.165) is 12.3 Å². The first-order valence-electron chi connectivity index (χ1n) is 6.52. The van der Waals surface area contributed by atoms with Crippen LogP contribution in [0.25, 0.3) is 0 Å². The zero-order chi connectivity index (χ0) is 12.6. The highest BCUT2D eigenvalue weighted by Gasteiger charge is 2.19. The van der Waals surface area contributed by atoms with Crippen LogP contribution in [0.15, 0.2) is 30.3 Å². The van der Waals surface area contributed by atoms with Crippen molar-refractivity contribution < 1.29 is 9.53 Å². The number of hydrogen-bond acceptors (Lipinski definition) is 3. The van der Waals surface area contributed by atoms with Gasteiger partial charge in [-0.3, -0.25) is 4.79 Å². The average molecular weight is 248 g/mol. The standard InChI is InChI=1S/C14H20N2O2/c17-14(8-9-15-12-6-7-12)16-10-11-18-13-4-2-1-3-5-13/h1-5,12,15H,6-11H2,(H,16,17). The largest absolute Gasteiger partial charge is 0.492 e. The third kappa shape index (κ3) is 5.19. The predicted molar refractivity (Wildman–Crippen MR) is 70.6 cm³/mol. The first-order chi connectivity index (χ1) is 8.84. The lowest BCUT2D eigenvalue weighted by Crippen LogP contribution is -2.31. The maximum absolute atomic E-state index is 11.4. The maximum atomic E-state index is 11.4. The Hall–Kier alpha value is -1.55. The van der Waals surface area contributed by atoms with Gasteiger partial charge >= 0.3 is 0 Å². The molecule has 1 fully saturated rings. The number of nitrogens with one attached hydrogen (secondary N) is 2. The van der Waals surface area contributed by atoms with Crippen LogP contribution in [-0.4, -0.2) is 31.6 Å². The van der Waals surface area contributed by atoms with E-state index < -0.39 is 0 Å². The van der Waals surface area contributed by atoms with Crippen LogP contribution in [0.4, 0.5) is 0 Å². The highest BCUT2D eigenvalue weighted by Crippen LogP contribution is 2.18. The van der Waals surface area contributed by atoms with Gasteiger partial charge in [0.1, 0.15) is 12.4 Å². The average Bonchev–Trinajstić information content (AvgIpc) is 3.20. The van der Waals surface area contributed by atoms with Crippen molar-refractivity contribution in [3.8, 4) is 5.75 Å². The van der Waals surface area contributed by atoms with Gasteiger partial charge in [0.25, 0.3) is 0 Å². The third-order valence-electron chi connectivity index (χ3n) is 2.80. The fraction of sp³-hybridized carbons (Fsp3) is 0.500. The van der Waals surface area contributed by atoms with Gasteiger partial charge in [0.15, 0.2) is 0 Å². The van der Waals surface area contributed by atoms with E-state index in [-0.39, 0.29) is 5.91 Å². The van der Waals surface area contributed by atoms with E-state index in [4.69, 9.17) is 4.74 Å². The molecule has 0 bridgehead atoms. The summed E-state index contributed by atoms with van der Waals surface area (Å²) in [5.41, 5.74) is 0. The molecule has 0 unspecified atom stereocenters. The minimum Gasteiger partial charge on any atom is -0.492 e. The second kappa shape index (κ2) is 7.01. The lowest BCUT2D eigenvalue weighted by molar-refractivity contribution is -0.121. The number of carbonyl (C=O) groups excluding carboxylic acids is 1. The molecule has 2 rings (SSSR count). The van der Waals surface area contributed by atoms with Crippen LogP contribution >= 0.6 is 0 Å². The molecule has 0 aromatic heterocycles. The molecule has 18 heavy (non-hydrogen) atoms. The van der Waals surface area contributed by atoms with Gasteiger partial charge in [-0.2, -0.15) is 0 Å². The Kier molecular flexibility index (Phi) is 5.02. The Balaban J connectivity index is 1.48. The van der Waals surface area contributed by atoms with Gasteiger partial charge in [-0.05, 0) is 25.0 Å². The molecule has 0 atom stereocenters. The summed E-state index contributed by atoms with van der Waals surface area (Å²) in [5.74, 6) is 0.918. The quantitative estimate of drug-likeness (QED) is 0.682. The topological polar surface area (TPSA) is 50.4 Å². The molecule has 0 aliphatic heterocycles. The summed E-state index contributed by atoms with van der Waals surface area (Å²) in [7, 11) is 0. The Bertz CT molecular complexity index is 363. The molecule has 0 radical (unpaired) electrons. The number of amides is 1. The summed E-state index contributed by atoms with van der Waals surface area (Å²) in [5, 5.41) is 6.15. The zero-order valence-electron chi connectivity index (χ0n) is 10.5. The van der Waals surface area contributed by atoms with Crippen LogP contribution in [0.3, 0.4) is 0 Å². The number of ether oxygens (including phenoxy) is 1. The third-order valence-corrected chi connectivity index (χ3v) is 2.80. The molecule has 1 amide bonds. The SMILES string of the molecule is O=C(CCNC1CC1)NCCOc1ccccc1. The number of benzene rings is 1. The molecule has 0 saturated heterocycles. The predicted octanol–water partition coefficient (Wildman–Crippen LogP) is 1.32. The maximum Gasteiger partial charge on any atom is 0.221 e. The van der Waals surface area contributed by atoms with Crippen LogP contribution in [0.5, 0.6) is 5.75 Å². The van der Waals surface area contributed by atoms with E-state index >= 15 is 0 Å². The smallest absolute Gasteiger partial charge is 0.221 e. The summed E-state index contributed by atoms with van der Waals surface area (Å²) in [6.45, 7) is 1.83. The summed E-state index contributed by atoms with van der Waals surface area (Å²) in [4.78, 5) is 11.4. The molecule has 1 saturated carbocycles. The van der Waals surface area contributed by atoms with Crippen molar-refractivity contribution in [2.45, 2.75) is 25.3 Å². The minimum atomic E-state index is 0.0832. The van der Waals surface area contributed by atoms with E-state index in [1.807, 2.05) is 30.3 Å². The fourth-order valence-electron chi connectivity index (χ4n) is 1.64. The minimum absolute atomic E-state index is 0.0832. The number of rotatable bonds is 8. The first-order valence-corrected chi connectivity index (χ1v) is 6.52. The van der Waals surface area contributed by atoms with E-state index in [9.17, 15) is 4.79 Å². The number of hydrogen-bond donors (Lipinski definition) is 2. The number of para-hydroxylation sites is 1. The van der Waals surface area contributed by atoms with Gasteiger partial charge in [0, 0.05) is 19.0 Å². The first kappa shape index (κ1) is 12.9. The van der Waals surface area contributed by atoms with Gasteiger partial charge in [-0.1, -0.05) is 18.2 Å². The van der Waals surface area contributed by atoms with Crippen molar-refractivity contribution in [2.24, 2.45) is 0 Å². The highest BCUT2D eigenvalue weighted by molar-refractivity contribution is 5.76. The van der Waals surface area contributed by atoms with Crippen LogP contribution in [-0.2, 0) is 4.79 Å². The van der Waals surface area contributed by atoms with Gasteiger partial charge in [0.05, 0.1) is 6.54 Å². The van der Waals surface area contributed by atoms with Crippen molar-refractivity contribution in [1.29, 1.82) is 0 Å².